The van der Waals surface area contributed by atoms with Crippen LogP contribution < -0.4 is 0 Å². The fraction of sp³-hybridized carbons (Fsp3) is 0.300. The summed E-state index contributed by atoms with van der Waals surface area (Å²) in [5, 5.41) is 16.0. The molecule has 0 aliphatic carbocycles. The molecule has 1 aliphatic heterocycles. The molecule has 1 fully saturated rings. The number of halogens is 1. The predicted octanol–water partition coefficient (Wildman–Crippen LogP) is 0.937. The van der Waals surface area contributed by atoms with Crippen molar-refractivity contribution in [3.05, 3.63) is 28.4 Å². The van der Waals surface area contributed by atoms with Crippen molar-refractivity contribution in [3.8, 4) is 0 Å². The van der Waals surface area contributed by atoms with Gasteiger partial charge in [0.25, 0.3) is 10.0 Å². The van der Waals surface area contributed by atoms with Crippen LogP contribution in [0.1, 0.15) is 16.5 Å². The molecule has 1 aliphatic rings. The molecule has 0 radical (unpaired) electrons. The zero-order valence-corrected chi connectivity index (χ0v) is 12.8. The molecule has 0 saturated carbocycles. The number of carboxylic acids is 1. The van der Waals surface area contributed by atoms with Gasteiger partial charge < -0.3 is 5.11 Å². The Bertz CT molecular complexity index is 794. The molecule has 3 heterocycles. The van der Waals surface area contributed by atoms with E-state index in [9.17, 15) is 13.2 Å². The molecule has 0 atom stereocenters. The van der Waals surface area contributed by atoms with Gasteiger partial charge >= 0.3 is 5.97 Å². The largest absolute Gasteiger partial charge is 0.476 e. The molecular weight excluding hydrogens is 340 g/mol. The highest BCUT2D eigenvalue weighted by Crippen LogP contribution is 2.32. The van der Waals surface area contributed by atoms with Crippen molar-refractivity contribution >= 4 is 38.9 Å². The number of sulfonamides is 1. The normalized spacial score (nSPS) is 16.8. The van der Waals surface area contributed by atoms with Gasteiger partial charge in [0.1, 0.15) is 4.21 Å². The van der Waals surface area contributed by atoms with Crippen molar-refractivity contribution in [2.75, 3.05) is 13.1 Å². The Kier molecular flexibility index (Phi) is 3.48. The zero-order chi connectivity index (χ0) is 15.2. The molecule has 112 valence electrons. The van der Waals surface area contributed by atoms with Crippen LogP contribution in [0.15, 0.2) is 22.5 Å². The van der Waals surface area contributed by atoms with E-state index in [0.29, 0.717) is 4.34 Å². The van der Waals surface area contributed by atoms with Crippen molar-refractivity contribution in [2.45, 2.75) is 10.3 Å². The van der Waals surface area contributed by atoms with Crippen LogP contribution in [0.3, 0.4) is 0 Å². The summed E-state index contributed by atoms with van der Waals surface area (Å²) in [5.74, 6) is -1.17. The minimum atomic E-state index is -3.54. The topological polar surface area (TPSA) is 105 Å². The number of hydrogen-bond acceptors (Lipinski definition) is 6. The van der Waals surface area contributed by atoms with E-state index in [1.807, 2.05) is 0 Å². The van der Waals surface area contributed by atoms with E-state index in [-0.39, 0.29) is 29.0 Å². The fourth-order valence-electron chi connectivity index (χ4n) is 1.90. The van der Waals surface area contributed by atoms with Crippen LogP contribution in [0.2, 0.25) is 4.34 Å². The quantitative estimate of drug-likeness (QED) is 0.881. The highest BCUT2D eigenvalue weighted by atomic mass is 35.5. The molecule has 0 spiro atoms. The smallest absolute Gasteiger partial charge is 0.358 e. The number of aromatic nitrogens is 3. The van der Waals surface area contributed by atoms with Crippen LogP contribution in [0, 0.1) is 0 Å². The fourth-order valence-corrected chi connectivity index (χ4v) is 5.05. The van der Waals surface area contributed by atoms with Crippen molar-refractivity contribution in [1.82, 2.24) is 19.3 Å². The molecule has 1 N–H and O–H groups in total. The lowest BCUT2D eigenvalue weighted by atomic mass is 10.2. The van der Waals surface area contributed by atoms with Gasteiger partial charge in [-0.2, -0.15) is 4.31 Å². The maximum Gasteiger partial charge on any atom is 0.358 e. The van der Waals surface area contributed by atoms with E-state index >= 15 is 0 Å². The summed E-state index contributed by atoms with van der Waals surface area (Å²) in [6, 6.07) is 2.79. The number of carbonyl (C=O) groups is 1. The van der Waals surface area contributed by atoms with Gasteiger partial charge in [-0.25, -0.2) is 17.9 Å². The van der Waals surface area contributed by atoms with Gasteiger partial charge in [-0.3, -0.25) is 0 Å². The summed E-state index contributed by atoms with van der Waals surface area (Å²) in [6.45, 7) is 0.445. The minimum absolute atomic E-state index is 0.165. The molecule has 1 saturated heterocycles. The third kappa shape index (κ3) is 2.55. The van der Waals surface area contributed by atoms with Crippen LogP contribution in [0.25, 0.3) is 0 Å². The molecule has 21 heavy (non-hydrogen) atoms. The predicted molar refractivity (Wildman–Crippen MR) is 74.1 cm³/mol. The lowest BCUT2D eigenvalue weighted by molar-refractivity contribution is 0.0690. The van der Waals surface area contributed by atoms with Gasteiger partial charge in [0.05, 0.1) is 16.6 Å². The van der Waals surface area contributed by atoms with Gasteiger partial charge in [-0.1, -0.05) is 16.8 Å². The highest BCUT2D eigenvalue weighted by Gasteiger charge is 2.39. The third-order valence-electron chi connectivity index (χ3n) is 3.07. The first kappa shape index (κ1) is 14.4. The maximum atomic E-state index is 12.3. The average molecular weight is 349 g/mol. The summed E-state index contributed by atoms with van der Waals surface area (Å²) < 4.78 is 27.8. The van der Waals surface area contributed by atoms with Gasteiger partial charge in [0.15, 0.2) is 5.69 Å². The monoisotopic (exact) mass is 348 g/mol. The van der Waals surface area contributed by atoms with Crippen LogP contribution in [-0.4, -0.2) is 51.9 Å². The SMILES string of the molecule is O=C(O)c1cn(C2CN(S(=O)(=O)c3ccc(Cl)s3)C2)nn1. The van der Waals surface area contributed by atoms with Crippen LogP contribution in [0.5, 0.6) is 0 Å². The lowest BCUT2D eigenvalue weighted by Crippen LogP contribution is -2.50. The summed E-state index contributed by atoms with van der Waals surface area (Å²) >= 11 is 6.75. The van der Waals surface area contributed by atoms with E-state index in [0.717, 1.165) is 11.3 Å². The minimum Gasteiger partial charge on any atom is -0.476 e. The second-order valence-electron chi connectivity index (χ2n) is 4.42. The summed E-state index contributed by atoms with van der Waals surface area (Å²) in [5.41, 5.74) is -0.165. The number of rotatable bonds is 4. The molecule has 2 aromatic heterocycles. The number of carboxylic acid groups (broad SMARTS) is 1. The molecule has 0 unspecified atom stereocenters. The Hall–Kier alpha value is -1.49. The zero-order valence-electron chi connectivity index (χ0n) is 10.4. The number of thiophene rings is 1. The van der Waals surface area contributed by atoms with Crippen LogP contribution in [-0.2, 0) is 10.0 Å². The van der Waals surface area contributed by atoms with Crippen molar-refractivity contribution < 1.29 is 18.3 Å². The Morgan fingerprint density at radius 2 is 2.14 bits per heavy atom. The third-order valence-corrected chi connectivity index (χ3v) is 6.61. The van der Waals surface area contributed by atoms with E-state index < -0.39 is 16.0 Å². The lowest BCUT2D eigenvalue weighted by Gasteiger charge is -2.37. The van der Waals surface area contributed by atoms with E-state index in [1.165, 1.54) is 27.3 Å². The van der Waals surface area contributed by atoms with Gasteiger partial charge in [-0.15, -0.1) is 16.4 Å². The van der Waals surface area contributed by atoms with Crippen LogP contribution >= 0.6 is 22.9 Å². The summed E-state index contributed by atoms with van der Waals surface area (Å²) in [6.07, 6.45) is 1.29. The molecule has 11 heteroatoms. The van der Waals surface area contributed by atoms with E-state index in [4.69, 9.17) is 16.7 Å². The molecule has 3 rings (SSSR count). The van der Waals surface area contributed by atoms with E-state index in [1.54, 1.807) is 0 Å². The first-order valence-corrected chi connectivity index (χ1v) is 8.42. The second-order valence-corrected chi connectivity index (χ2v) is 8.30. The first-order chi connectivity index (χ1) is 9.88. The molecule has 0 aromatic carbocycles. The summed E-state index contributed by atoms with van der Waals surface area (Å²) in [4.78, 5) is 10.7. The Morgan fingerprint density at radius 1 is 1.43 bits per heavy atom. The molecular formula is C10H9ClN4O4S2. The standard InChI is InChI=1S/C10H9ClN4O4S2/c11-8-1-2-9(20-8)21(18,19)14-3-6(4-14)15-5-7(10(16)17)12-13-15/h1-2,5-6H,3-4H2,(H,16,17). The molecule has 0 amide bonds. The molecule has 0 bridgehead atoms. The van der Waals surface area contributed by atoms with Gasteiger partial charge in [0.2, 0.25) is 0 Å². The number of nitrogens with zero attached hydrogens (tertiary/aromatic N) is 4. The number of aromatic carboxylic acids is 1. The Labute approximate surface area is 128 Å². The first-order valence-electron chi connectivity index (χ1n) is 5.78. The van der Waals surface area contributed by atoms with Gasteiger partial charge in [0, 0.05) is 13.1 Å². The maximum absolute atomic E-state index is 12.3. The summed E-state index contributed by atoms with van der Waals surface area (Å²) in [7, 11) is -3.54. The second kappa shape index (κ2) is 5.05. The Morgan fingerprint density at radius 3 is 2.67 bits per heavy atom. The molecule has 2 aromatic rings. The average Bonchev–Trinajstić information content (AvgIpc) is 2.96. The van der Waals surface area contributed by atoms with Crippen molar-refractivity contribution in [1.29, 1.82) is 0 Å². The number of hydrogen-bond donors (Lipinski definition) is 1. The Balaban J connectivity index is 1.71. The van der Waals surface area contributed by atoms with Crippen molar-refractivity contribution in [2.24, 2.45) is 0 Å². The van der Waals surface area contributed by atoms with Gasteiger partial charge in [-0.05, 0) is 12.1 Å². The highest BCUT2D eigenvalue weighted by molar-refractivity contribution is 7.91. The molecule has 8 nitrogen and oxygen atoms in total. The van der Waals surface area contributed by atoms with E-state index in [2.05, 4.69) is 10.3 Å². The van der Waals surface area contributed by atoms with Crippen molar-refractivity contribution in [3.63, 3.8) is 0 Å². The van der Waals surface area contributed by atoms with Crippen LogP contribution in [0.4, 0.5) is 0 Å².